The predicted octanol–water partition coefficient (Wildman–Crippen LogP) is 2.06. The topological polar surface area (TPSA) is 41.1 Å². The lowest BCUT2D eigenvalue weighted by Crippen LogP contribution is -2.52. The molecule has 0 fully saturated rings. The Hall–Kier alpha value is -0.870. The van der Waals surface area contributed by atoms with Gasteiger partial charge in [-0.25, -0.2) is 0 Å². The third kappa shape index (κ3) is 3.61. The van der Waals surface area contributed by atoms with Crippen LogP contribution in [0.1, 0.15) is 30.5 Å². The van der Waals surface area contributed by atoms with Gasteiger partial charge >= 0.3 is 0 Å². The molecule has 1 aromatic rings. The average molecular weight is 240 g/mol. The van der Waals surface area contributed by atoms with Crippen LogP contribution in [0.2, 0.25) is 0 Å². The van der Waals surface area contributed by atoms with Crippen LogP contribution in [0.3, 0.4) is 0 Å². The lowest BCUT2D eigenvalue weighted by atomic mass is 10.0. The van der Waals surface area contributed by atoms with Crippen LogP contribution in [0.5, 0.6) is 0 Å². The van der Waals surface area contributed by atoms with E-state index in [2.05, 4.69) is 29.7 Å². The minimum atomic E-state index is -0.499. The highest BCUT2D eigenvalue weighted by Crippen LogP contribution is 2.14. The molecule has 1 aromatic heterocycles. The van der Waals surface area contributed by atoms with Crippen LogP contribution in [-0.2, 0) is 11.3 Å². The van der Waals surface area contributed by atoms with Crippen LogP contribution in [-0.4, -0.2) is 18.0 Å². The van der Waals surface area contributed by atoms with E-state index in [0.717, 1.165) is 6.54 Å². The first-order valence-electron chi connectivity index (χ1n) is 5.54. The molecule has 1 heterocycles. The molecule has 1 amide bonds. The highest BCUT2D eigenvalue weighted by molar-refractivity contribution is 7.11. The molecule has 90 valence electrons. The average Bonchev–Trinajstić information content (AvgIpc) is 2.60. The first kappa shape index (κ1) is 13.2. The van der Waals surface area contributed by atoms with E-state index in [1.807, 2.05) is 20.8 Å². The van der Waals surface area contributed by atoms with Gasteiger partial charge in [0.05, 0.1) is 12.1 Å². The molecular formula is C12H20N2OS. The van der Waals surface area contributed by atoms with E-state index >= 15 is 0 Å². The van der Waals surface area contributed by atoms with Crippen molar-refractivity contribution in [1.29, 1.82) is 0 Å². The molecule has 4 heteroatoms. The van der Waals surface area contributed by atoms with E-state index in [9.17, 15) is 4.79 Å². The summed E-state index contributed by atoms with van der Waals surface area (Å²) < 4.78 is 0. The number of nitrogens with one attached hydrogen (secondary N) is 2. The number of aryl methyl sites for hydroxylation is 1. The predicted molar refractivity (Wildman–Crippen MR) is 68.7 cm³/mol. The Morgan fingerprint density at radius 2 is 2.12 bits per heavy atom. The quantitative estimate of drug-likeness (QED) is 0.827. The van der Waals surface area contributed by atoms with Gasteiger partial charge in [-0.2, -0.15) is 0 Å². The Morgan fingerprint density at radius 1 is 1.44 bits per heavy atom. The Kier molecular flexibility index (Phi) is 4.50. The second kappa shape index (κ2) is 5.46. The molecule has 0 aromatic carbocycles. The molecule has 0 aliphatic heterocycles. The lowest BCUT2D eigenvalue weighted by Gasteiger charge is -2.24. The minimum absolute atomic E-state index is 0.0420. The lowest BCUT2D eigenvalue weighted by molar-refractivity contribution is -0.126. The normalized spacial score (nSPS) is 11.5. The fourth-order valence-corrected chi connectivity index (χ4v) is 2.32. The molecule has 0 aliphatic rings. The maximum atomic E-state index is 11.9. The molecule has 0 aliphatic carbocycles. The molecule has 0 spiro atoms. The van der Waals surface area contributed by atoms with Gasteiger partial charge in [-0.3, -0.25) is 4.79 Å². The maximum absolute atomic E-state index is 11.9. The molecule has 1 rings (SSSR count). The number of amides is 1. The smallest absolute Gasteiger partial charge is 0.240 e. The molecule has 0 unspecified atom stereocenters. The summed E-state index contributed by atoms with van der Waals surface area (Å²) in [4.78, 5) is 14.3. The SMILES string of the molecule is CCNC(C)(C)C(=O)NCc1ccc(C)s1. The van der Waals surface area contributed by atoms with Crippen molar-refractivity contribution in [1.82, 2.24) is 10.6 Å². The number of carbonyl (C=O) groups is 1. The summed E-state index contributed by atoms with van der Waals surface area (Å²) >= 11 is 1.72. The molecule has 0 radical (unpaired) electrons. The summed E-state index contributed by atoms with van der Waals surface area (Å²) in [7, 11) is 0. The summed E-state index contributed by atoms with van der Waals surface area (Å²) in [6.45, 7) is 9.26. The van der Waals surface area contributed by atoms with Gasteiger partial charge < -0.3 is 10.6 Å². The van der Waals surface area contributed by atoms with Gasteiger partial charge in [0, 0.05) is 9.75 Å². The summed E-state index contributed by atoms with van der Waals surface area (Å²) in [5.41, 5.74) is -0.499. The van der Waals surface area contributed by atoms with Crippen molar-refractivity contribution >= 4 is 17.2 Å². The van der Waals surface area contributed by atoms with Gasteiger partial charge in [0.1, 0.15) is 0 Å². The maximum Gasteiger partial charge on any atom is 0.240 e. The fraction of sp³-hybridized carbons (Fsp3) is 0.583. The van der Waals surface area contributed by atoms with Gasteiger partial charge in [-0.1, -0.05) is 6.92 Å². The van der Waals surface area contributed by atoms with E-state index in [4.69, 9.17) is 0 Å². The highest BCUT2D eigenvalue weighted by Gasteiger charge is 2.25. The van der Waals surface area contributed by atoms with E-state index in [0.29, 0.717) is 6.54 Å². The highest BCUT2D eigenvalue weighted by atomic mass is 32.1. The molecule has 3 nitrogen and oxygen atoms in total. The van der Waals surface area contributed by atoms with Gasteiger partial charge in [0.2, 0.25) is 5.91 Å². The van der Waals surface area contributed by atoms with Crippen LogP contribution in [0.25, 0.3) is 0 Å². The van der Waals surface area contributed by atoms with Crippen molar-refractivity contribution in [2.45, 2.75) is 39.8 Å². The number of rotatable bonds is 5. The number of hydrogen-bond donors (Lipinski definition) is 2. The van der Waals surface area contributed by atoms with Gasteiger partial charge in [0.25, 0.3) is 0 Å². The monoisotopic (exact) mass is 240 g/mol. The molecular weight excluding hydrogens is 220 g/mol. The number of carbonyl (C=O) groups excluding carboxylic acids is 1. The van der Waals surface area contributed by atoms with Gasteiger partial charge in [-0.05, 0) is 39.4 Å². The van der Waals surface area contributed by atoms with Crippen molar-refractivity contribution < 1.29 is 4.79 Å². The molecule has 0 saturated heterocycles. The van der Waals surface area contributed by atoms with E-state index in [1.165, 1.54) is 9.75 Å². The van der Waals surface area contributed by atoms with Crippen LogP contribution in [0, 0.1) is 6.92 Å². The molecule has 0 bridgehead atoms. The summed E-state index contributed by atoms with van der Waals surface area (Å²) in [5.74, 6) is 0.0420. The zero-order chi connectivity index (χ0) is 12.2. The molecule has 0 saturated carbocycles. The Labute approximate surface area is 101 Å². The zero-order valence-electron chi connectivity index (χ0n) is 10.4. The standard InChI is InChI=1S/C12H20N2OS/c1-5-14-12(3,4)11(15)13-8-10-7-6-9(2)16-10/h6-7,14H,5,8H2,1-4H3,(H,13,15). The largest absolute Gasteiger partial charge is 0.350 e. The van der Waals surface area contributed by atoms with Crippen LogP contribution in [0.15, 0.2) is 12.1 Å². The second-order valence-corrected chi connectivity index (χ2v) is 5.72. The number of thiophene rings is 1. The van der Waals surface area contributed by atoms with Crippen molar-refractivity contribution in [3.8, 4) is 0 Å². The summed E-state index contributed by atoms with van der Waals surface area (Å²) in [5, 5.41) is 6.10. The molecule has 2 N–H and O–H groups in total. The second-order valence-electron chi connectivity index (χ2n) is 4.35. The third-order valence-electron chi connectivity index (χ3n) is 2.41. The Morgan fingerprint density at radius 3 is 2.62 bits per heavy atom. The van der Waals surface area contributed by atoms with E-state index < -0.39 is 5.54 Å². The van der Waals surface area contributed by atoms with Gasteiger partial charge in [0.15, 0.2) is 0 Å². The third-order valence-corrected chi connectivity index (χ3v) is 3.41. The van der Waals surface area contributed by atoms with E-state index in [1.54, 1.807) is 11.3 Å². The molecule has 0 atom stereocenters. The summed E-state index contributed by atoms with van der Waals surface area (Å²) in [6.07, 6.45) is 0. The summed E-state index contributed by atoms with van der Waals surface area (Å²) in [6, 6.07) is 4.13. The number of likely N-dealkylation sites (N-methyl/N-ethyl adjacent to an activating group) is 1. The van der Waals surface area contributed by atoms with E-state index in [-0.39, 0.29) is 5.91 Å². The Bertz CT molecular complexity index is 358. The van der Waals surface area contributed by atoms with Crippen LogP contribution < -0.4 is 10.6 Å². The molecule has 16 heavy (non-hydrogen) atoms. The van der Waals surface area contributed by atoms with Crippen molar-refractivity contribution in [3.05, 3.63) is 21.9 Å². The van der Waals surface area contributed by atoms with Gasteiger partial charge in [-0.15, -0.1) is 11.3 Å². The first-order valence-corrected chi connectivity index (χ1v) is 6.36. The number of hydrogen-bond acceptors (Lipinski definition) is 3. The van der Waals surface area contributed by atoms with Crippen molar-refractivity contribution in [2.24, 2.45) is 0 Å². The Balaban J connectivity index is 2.46. The van der Waals surface area contributed by atoms with Crippen LogP contribution >= 0.6 is 11.3 Å². The van der Waals surface area contributed by atoms with Crippen molar-refractivity contribution in [2.75, 3.05) is 6.54 Å². The van der Waals surface area contributed by atoms with Crippen molar-refractivity contribution in [3.63, 3.8) is 0 Å². The van der Waals surface area contributed by atoms with Crippen LogP contribution in [0.4, 0.5) is 0 Å². The zero-order valence-corrected chi connectivity index (χ0v) is 11.2. The fourth-order valence-electron chi connectivity index (χ4n) is 1.49. The first-order chi connectivity index (χ1) is 7.45. The minimum Gasteiger partial charge on any atom is -0.350 e.